The van der Waals surface area contributed by atoms with Crippen LogP contribution < -0.4 is 20.5 Å². The van der Waals surface area contributed by atoms with E-state index in [1.54, 1.807) is 14.2 Å². The highest BCUT2D eigenvalue weighted by molar-refractivity contribution is 14.0. The molecule has 3 N–H and O–H groups in total. The summed E-state index contributed by atoms with van der Waals surface area (Å²) in [7, 11) is 3.29. The van der Waals surface area contributed by atoms with Gasteiger partial charge in [-0.15, -0.1) is 24.0 Å². The van der Waals surface area contributed by atoms with Crippen LogP contribution in [0, 0.1) is 0 Å². The molecule has 0 radical (unpaired) electrons. The summed E-state index contributed by atoms with van der Waals surface area (Å²) < 4.78 is 10.6. The SMILES string of the molecule is COc1ccc(CCN=C(N)NC2CCCCCC2)cc1OC.I. The third-order valence-corrected chi connectivity index (χ3v) is 4.34. The maximum atomic E-state index is 6.02. The van der Waals surface area contributed by atoms with E-state index in [4.69, 9.17) is 15.2 Å². The molecule has 0 bridgehead atoms. The number of rotatable bonds is 6. The number of ether oxygens (including phenoxy) is 2. The second-order valence-electron chi connectivity index (χ2n) is 6.04. The predicted molar refractivity (Wildman–Crippen MR) is 110 cm³/mol. The third kappa shape index (κ3) is 6.75. The molecule has 1 saturated carbocycles. The lowest BCUT2D eigenvalue weighted by Gasteiger charge is -2.16. The van der Waals surface area contributed by atoms with E-state index < -0.39 is 0 Å². The van der Waals surface area contributed by atoms with Gasteiger partial charge in [-0.3, -0.25) is 4.99 Å². The van der Waals surface area contributed by atoms with Gasteiger partial charge in [-0.1, -0.05) is 31.7 Å². The maximum Gasteiger partial charge on any atom is 0.188 e. The van der Waals surface area contributed by atoms with Crippen LogP contribution in [0.2, 0.25) is 0 Å². The van der Waals surface area contributed by atoms with E-state index in [-0.39, 0.29) is 24.0 Å². The number of benzene rings is 1. The minimum Gasteiger partial charge on any atom is -0.493 e. The second kappa shape index (κ2) is 11.4. The second-order valence-corrected chi connectivity index (χ2v) is 6.04. The quantitative estimate of drug-likeness (QED) is 0.303. The van der Waals surface area contributed by atoms with Crippen molar-refractivity contribution in [3.8, 4) is 11.5 Å². The van der Waals surface area contributed by atoms with E-state index in [0.29, 0.717) is 18.5 Å². The van der Waals surface area contributed by atoms with Gasteiger partial charge in [-0.25, -0.2) is 0 Å². The first-order valence-electron chi connectivity index (χ1n) is 8.50. The van der Waals surface area contributed by atoms with Crippen LogP contribution in [0.1, 0.15) is 44.1 Å². The first-order chi connectivity index (χ1) is 11.2. The van der Waals surface area contributed by atoms with Crippen molar-refractivity contribution < 1.29 is 9.47 Å². The van der Waals surface area contributed by atoms with Crippen LogP contribution in [-0.4, -0.2) is 32.8 Å². The molecule has 0 spiro atoms. The molecule has 5 nitrogen and oxygen atoms in total. The number of guanidine groups is 1. The predicted octanol–water partition coefficient (Wildman–Crippen LogP) is 3.49. The summed E-state index contributed by atoms with van der Waals surface area (Å²) in [5.41, 5.74) is 7.18. The topological polar surface area (TPSA) is 68.9 Å². The molecule has 1 aromatic carbocycles. The summed E-state index contributed by atoms with van der Waals surface area (Å²) in [4.78, 5) is 4.45. The fraction of sp³-hybridized carbons (Fsp3) is 0.611. The molecule has 0 aromatic heterocycles. The molecule has 136 valence electrons. The molecular formula is C18H30IN3O2. The lowest BCUT2D eigenvalue weighted by Crippen LogP contribution is -2.40. The molecule has 1 fully saturated rings. The van der Waals surface area contributed by atoms with Crippen LogP contribution in [0.25, 0.3) is 0 Å². The molecule has 1 aliphatic rings. The van der Waals surface area contributed by atoms with E-state index >= 15 is 0 Å². The number of nitrogens with one attached hydrogen (secondary N) is 1. The average molecular weight is 447 g/mol. The van der Waals surface area contributed by atoms with E-state index in [1.807, 2.05) is 18.2 Å². The Labute approximate surface area is 162 Å². The van der Waals surface area contributed by atoms with E-state index in [0.717, 1.165) is 23.5 Å². The van der Waals surface area contributed by atoms with Gasteiger partial charge in [0.1, 0.15) is 0 Å². The Hall–Kier alpha value is -1.18. The van der Waals surface area contributed by atoms with Gasteiger partial charge in [0.2, 0.25) is 0 Å². The summed E-state index contributed by atoms with van der Waals surface area (Å²) in [6, 6.07) is 6.43. The van der Waals surface area contributed by atoms with Crippen LogP contribution in [0.5, 0.6) is 11.5 Å². The van der Waals surface area contributed by atoms with Crippen molar-refractivity contribution in [1.29, 1.82) is 0 Å². The number of nitrogens with zero attached hydrogens (tertiary/aromatic N) is 1. The van der Waals surface area contributed by atoms with Crippen molar-refractivity contribution in [3.63, 3.8) is 0 Å². The van der Waals surface area contributed by atoms with Crippen molar-refractivity contribution in [2.24, 2.45) is 10.7 Å². The maximum absolute atomic E-state index is 6.02. The van der Waals surface area contributed by atoms with Crippen LogP contribution in [-0.2, 0) is 6.42 Å². The summed E-state index contributed by atoms with van der Waals surface area (Å²) in [5.74, 6) is 2.06. The Morgan fingerprint density at radius 2 is 1.79 bits per heavy atom. The summed E-state index contributed by atoms with van der Waals surface area (Å²) >= 11 is 0. The highest BCUT2D eigenvalue weighted by Gasteiger charge is 2.12. The lowest BCUT2D eigenvalue weighted by molar-refractivity contribution is 0.354. The molecule has 0 unspecified atom stereocenters. The van der Waals surface area contributed by atoms with E-state index in [9.17, 15) is 0 Å². The van der Waals surface area contributed by atoms with Crippen molar-refractivity contribution in [2.45, 2.75) is 51.0 Å². The van der Waals surface area contributed by atoms with Crippen molar-refractivity contribution in [3.05, 3.63) is 23.8 Å². The standard InChI is InChI=1S/C18H29N3O2.HI/c1-22-16-10-9-14(13-17(16)23-2)11-12-20-18(19)21-15-7-5-3-4-6-8-15;/h9-10,13,15H,3-8,11-12H2,1-2H3,(H3,19,20,21);1H. The summed E-state index contributed by atoms with van der Waals surface area (Å²) in [6.07, 6.45) is 8.49. The Balaban J connectivity index is 0.00000288. The molecule has 0 atom stereocenters. The average Bonchev–Trinajstić information content (AvgIpc) is 2.83. The Morgan fingerprint density at radius 3 is 2.42 bits per heavy atom. The smallest absolute Gasteiger partial charge is 0.188 e. The van der Waals surface area contributed by atoms with Gasteiger partial charge >= 0.3 is 0 Å². The number of nitrogens with two attached hydrogens (primary N) is 1. The summed E-state index contributed by atoms with van der Waals surface area (Å²) in [6.45, 7) is 0.668. The number of hydrogen-bond donors (Lipinski definition) is 2. The molecule has 6 heteroatoms. The van der Waals surface area contributed by atoms with E-state index in [2.05, 4.69) is 10.3 Å². The zero-order valence-corrected chi connectivity index (χ0v) is 17.0. The van der Waals surface area contributed by atoms with Crippen molar-refractivity contribution >= 4 is 29.9 Å². The first-order valence-corrected chi connectivity index (χ1v) is 8.50. The Kier molecular flexibility index (Phi) is 9.90. The molecule has 1 aromatic rings. The normalized spacial score (nSPS) is 16.0. The van der Waals surface area contributed by atoms with Crippen LogP contribution in [0.15, 0.2) is 23.2 Å². The van der Waals surface area contributed by atoms with Gasteiger partial charge in [0.05, 0.1) is 14.2 Å². The molecule has 1 aliphatic carbocycles. The minimum absolute atomic E-state index is 0. The molecule has 0 amide bonds. The number of aliphatic imine (C=N–C) groups is 1. The van der Waals surface area contributed by atoms with E-state index in [1.165, 1.54) is 38.5 Å². The van der Waals surface area contributed by atoms with Gasteiger partial charge in [-0.2, -0.15) is 0 Å². The first kappa shape index (κ1) is 20.9. The molecule has 0 aliphatic heterocycles. The van der Waals surface area contributed by atoms with Gasteiger partial charge in [0.15, 0.2) is 17.5 Å². The monoisotopic (exact) mass is 447 g/mol. The van der Waals surface area contributed by atoms with Gasteiger partial charge in [0, 0.05) is 12.6 Å². The zero-order valence-electron chi connectivity index (χ0n) is 14.7. The number of methoxy groups -OCH3 is 2. The highest BCUT2D eigenvalue weighted by Crippen LogP contribution is 2.27. The minimum atomic E-state index is 0. The summed E-state index contributed by atoms with van der Waals surface area (Å²) in [5, 5.41) is 3.37. The van der Waals surface area contributed by atoms with Gasteiger partial charge in [-0.05, 0) is 37.0 Å². The fourth-order valence-electron chi connectivity index (χ4n) is 3.02. The lowest BCUT2D eigenvalue weighted by atomic mass is 10.1. The van der Waals surface area contributed by atoms with Gasteiger partial charge in [0.25, 0.3) is 0 Å². The largest absolute Gasteiger partial charge is 0.493 e. The fourth-order valence-corrected chi connectivity index (χ4v) is 3.02. The number of hydrogen-bond acceptors (Lipinski definition) is 3. The third-order valence-electron chi connectivity index (χ3n) is 4.34. The van der Waals surface area contributed by atoms with Gasteiger partial charge < -0.3 is 20.5 Å². The zero-order chi connectivity index (χ0) is 16.5. The van der Waals surface area contributed by atoms with Crippen LogP contribution in [0.3, 0.4) is 0 Å². The number of halogens is 1. The molecule has 0 saturated heterocycles. The molecular weight excluding hydrogens is 417 g/mol. The van der Waals surface area contributed by atoms with Crippen molar-refractivity contribution in [1.82, 2.24) is 5.32 Å². The highest BCUT2D eigenvalue weighted by atomic mass is 127. The van der Waals surface area contributed by atoms with Crippen LogP contribution in [0.4, 0.5) is 0 Å². The van der Waals surface area contributed by atoms with Crippen molar-refractivity contribution in [2.75, 3.05) is 20.8 Å². The molecule has 24 heavy (non-hydrogen) atoms. The molecule has 2 rings (SSSR count). The molecule has 0 heterocycles. The Bertz CT molecular complexity index is 515. The Morgan fingerprint density at radius 1 is 1.12 bits per heavy atom. The van der Waals surface area contributed by atoms with Crippen LogP contribution >= 0.6 is 24.0 Å².